The number of rotatable bonds is 2. The molecule has 0 fully saturated rings. The third-order valence-electron chi connectivity index (χ3n) is 3.10. The van der Waals surface area contributed by atoms with E-state index < -0.39 is 0 Å². The van der Waals surface area contributed by atoms with E-state index in [1.165, 1.54) is 0 Å². The largest absolute Gasteiger partial charge is 0.331 e. The zero-order valence-corrected chi connectivity index (χ0v) is 13.7. The molecule has 0 unspecified atom stereocenters. The summed E-state index contributed by atoms with van der Waals surface area (Å²) in [5.74, 6) is -0.190. The number of thiocarbonyl (C=S) groups is 1. The Kier molecular flexibility index (Phi) is 4.93. The Bertz CT molecular complexity index is 679. The third kappa shape index (κ3) is 4.03. The summed E-state index contributed by atoms with van der Waals surface area (Å²) in [6.45, 7) is 5.93. The average molecular weight is 319 g/mol. The number of hydrogen-bond acceptors (Lipinski definition) is 3. The summed E-state index contributed by atoms with van der Waals surface area (Å²) >= 11 is 6.71. The van der Waals surface area contributed by atoms with E-state index in [2.05, 4.69) is 16.2 Å². The van der Waals surface area contributed by atoms with Gasteiger partial charge in [-0.25, -0.2) is 0 Å². The lowest BCUT2D eigenvalue weighted by Gasteiger charge is -2.12. The minimum Gasteiger partial charge on any atom is -0.331 e. The standard InChI is InChI=1S/C15H17N3OS2/c1-9-5-4-6-12(7-9)16-15(20)18-17-14(19)13-8-21-11(3)10(13)2/h4-8H,1-3H3,(H,17,19)(H2,16,18,20). The molecule has 21 heavy (non-hydrogen) atoms. The molecule has 0 radical (unpaired) electrons. The third-order valence-corrected chi connectivity index (χ3v) is 4.31. The highest BCUT2D eigenvalue weighted by Gasteiger charge is 2.12. The fraction of sp³-hybridized carbons (Fsp3) is 0.200. The molecular weight excluding hydrogens is 302 g/mol. The second-order valence-corrected chi connectivity index (χ2v) is 6.23. The van der Waals surface area contributed by atoms with E-state index in [9.17, 15) is 4.79 Å². The molecule has 4 nitrogen and oxygen atoms in total. The van der Waals surface area contributed by atoms with E-state index in [-0.39, 0.29) is 5.91 Å². The molecular formula is C15H17N3OS2. The molecule has 110 valence electrons. The van der Waals surface area contributed by atoms with E-state index in [1.54, 1.807) is 11.3 Å². The van der Waals surface area contributed by atoms with Crippen LogP contribution in [0.25, 0.3) is 0 Å². The molecule has 1 aromatic heterocycles. The highest BCUT2D eigenvalue weighted by molar-refractivity contribution is 7.80. The highest BCUT2D eigenvalue weighted by atomic mass is 32.1. The summed E-state index contributed by atoms with van der Waals surface area (Å²) in [7, 11) is 0. The van der Waals surface area contributed by atoms with Gasteiger partial charge in [-0.1, -0.05) is 12.1 Å². The summed E-state index contributed by atoms with van der Waals surface area (Å²) in [5.41, 5.74) is 8.99. The number of anilines is 1. The van der Waals surface area contributed by atoms with Gasteiger partial charge in [-0.3, -0.25) is 15.6 Å². The van der Waals surface area contributed by atoms with Gasteiger partial charge in [0.05, 0.1) is 5.56 Å². The maximum atomic E-state index is 12.0. The van der Waals surface area contributed by atoms with Crippen LogP contribution in [0.5, 0.6) is 0 Å². The maximum Gasteiger partial charge on any atom is 0.270 e. The minimum absolute atomic E-state index is 0.190. The Hall–Kier alpha value is -1.92. The molecule has 0 aliphatic carbocycles. The molecule has 0 aliphatic rings. The van der Waals surface area contributed by atoms with Crippen LogP contribution in [0.4, 0.5) is 5.69 Å². The van der Waals surface area contributed by atoms with Crippen molar-refractivity contribution in [1.82, 2.24) is 10.9 Å². The van der Waals surface area contributed by atoms with Crippen LogP contribution in [-0.4, -0.2) is 11.0 Å². The van der Waals surface area contributed by atoms with Gasteiger partial charge in [-0.05, 0) is 56.2 Å². The van der Waals surface area contributed by atoms with Gasteiger partial charge in [0.2, 0.25) is 0 Å². The number of carbonyl (C=O) groups excluding carboxylic acids is 1. The Morgan fingerprint density at radius 2 is 1.95 bits per heavy atom. The number of aryl methyl sites for hydroxylation is 2. The van der Waals surface area contributed by atoms with Crippen LogP contribution in [-0.2, 0) is 0 Å². The number of thiophene rings is 1. The van der Waals surface area contributed by atoms with Gasteiger partial charge in [-0.2, -0.15) is 0 Å². The Labute approximate surface area is 133 Å². The van der Waals surface area contributed by atoms with E-state index in [0.717, 1.165) is 21.7 Å². The van der Waals surface area contributed by atoms with Crippen molar-refractivity contribution in [3.8, 4) is 0 Å². The summed E-state index contributed by atoms with van der Waals surface area (Å²) in [4.78, 5) is 13.2. The molecule has 1 heterocycles. The van der Waals surface area contributed by atoms with Gasteiger partial charge in [0.1, 0.15) is 0 Å². The lowest BCUT2D eigenvalue weighted by molar-refractivity contribution is 0.0944. The first-order valence-electron chi connectivity index (χ1n) is 6.46. The normalized spacial score (nSPS) is 10.0. The van der Waals surface area contributed by atoms with Gasteiger partial charge in [0.25, 0.3) is 5.91 Å². The molecule has 0 spiro atoms. The summed E-state index contributed by atoms with van der Waals surface area (Å²) in [6, 6.07) is 7.83. The van der Waals surface area contributed by atoms with Gasteiger partial charge in [0, 0.05) is 15.9 Å². The van der Waals surface area contributed by atoms with Crippen molar-refractivity contribution in [2.75, 3.05) is 5.32 Å². The fourth-order valence-corrected chi connectivity index (χ4v) is 2.84. The lowest BCUT2D eigenvalue weighted by Crippen LogP contribution is -2.43. The maximum absolute atomic E-state index is 12.0. The first-order chi connectivity index (χ1) is 9.97. The second kappa shape index (κ2) is 6.69. The molecule has 1 amide bonds. The second-order valence-electron chi connectivity index (χ2n) is 4.73. The molecule has 0 aliphatic heterocycles. The topological polar surface area (TPSA) is 53.2 Å². The first kappa shape index (κ1) is 15.5. The van der Waals surface area contributed by atoms with Crippen LogP contribution in [0.3, 0.4) is 0 Å². The van der Waals surface area contributed by atoms with E-state index >= 15 is 0 Å². The molecule has 2 aromatic rings. The van der Waals surface area contributed by atoms with Crippen molar-refractivity contribution in [2.24, 2.45) is 0 Å². The predicted octanol–water partition coefficient (Wildman–Crippen LogP) is 3.30. The van der Waals surface area contributed by atoms with Crippen LogP contribution in [0, 0.1) is 20.8 Å². The molecule has 0 bridgehead atoms. The van der Waals surface area contributed by atoms with Crippen LogP contribution < -0.4 is 16.2 Å². The summed E-state index contributed by atoms with van der Waals surface area (Å²) in [6.07, 6.45) is 0. The number of carbonyl (C=O) groups is 1. The predicted molar refractivity (Wildman–Crippen MR) is 91.8 cm³/mol. The fourth-order valence-electron chi connectivity index (χ4n) is 1.80. The summed E-state index contributed by atoms with van der Waals surface area (Å²) in [5, 5.41) is 5.21. The van der Waals surface area contributed by atoms with Gasteiger partial charge in [-0.15, -0.1) is 11.3 Å². The highest BCUT2D eigenvalue weighted by Crippen LogP contribution is 2.20. The zero-order valence-electron chi connectivity index (χ0n) is 12.1. The molecule has 0 atom stereocenters. The van der Waals surface area contributed by atoms with Crippen LogP contribution in [0.2, 0.25) is 0 Å². The number of benzene rings is 1. The van der Waals surface area contributed by atoms with Gasteiger partial charge in [0.15, 0.2) is 5.11 Å². The van der Waals surface area contributed by atoms with Crippen molar-refractivity contribution in [3.63, 3.8) is 0 Å². The molecule has 0 saturated heterocycles. The zero-order chi connectivity index (χ0) is 15.4. The van der Waals surface area contributed by atoms with Gasteiger partial charge < -0.3 is 5.32 Å². The molecule has 0 saturated carbocycles. The smallest absolute Gasteiger partial charge is 0.270 e. The monoisotopic (exact) mass is 319 g/mol. The number of hydrazine groups is 1. The van der Waals surface area contributed by atoms with Crippen molar-refractivity contribution >= 4 is 40.3 Å². The Balaban J connectivity index is 1.89. The van der Waals surface area contributed by atoms with Crippen molar-refractivity contribution < 1.29 is 4.79 Å². The molecule has 2 rings (SSSR count). The van der Waals surface area contributed by atoms with Crippen LogP contribution in [0.1, 0.15) is 26.4 Å². The number of amides is 1. The van der Waals surface area contributed by atoms with Crippen molar-refractivity contribution in [1.29, 1.82) is 0 Å². The van der Waals surface area contributed by atoms with Crippen molar-refractivity contribution in [2.45, 2.75) is 20.8 Å². The molecule has 6 heteroatoms. The first-order valence-corrected chi connectivity index (χ1v) is 7.75. The average Bonchev–Trinajstić information content (AvgIpc) is 2.76. The van der Waals surface area contributed by atoms with E-state index in [4.69, 9.17) is 12.2 Å². The van der Waals surface area contributed by atoms with Gasteiger partial charge >= 0.3 is 0 Å². The Morgan fingerprint density at radius 1 is 1.19 bits per heavy atom. The quantitative estimate of drug-likeness (QED) is 0.587. The van der Waals surface area contributed by atoms with E-state index in [0.29, 0.717) is 10.7 Å². The van der Waals surface area contributed by atoms with Crippen LogP contribution in [0.15, 0.2) is 29.6 Å². The van der Waals surface area contributed by atoms with Crippen LogP contribution >= 0.6 is 23.6 Å². The minimum atomic E-state index is -0.190. The number of nitrogens with one attached hydrogen (secondary N) is 3. The lowest BCUT2D eigenvalue weighted by atomic mass is 10.2. The number of hydrogen-bond donors (Lipinski definition) is 3. The molecule has 1 aromatic carbocycles. The van der Waals surface area contributed by atoms with E-state index in [1.807, 2.05) is 50.4 Å². The van der Waals surface area contributed by atoms with Crippen molar-refractivity contribution in [3.05, 3.63) is 51.2 Å². The SMILES string of the molecule is Cc1cccc(NC(=S)NNC(=O)c2csc(C)c2C)c1. The Morgan fingerprint density at radius 3 is 2.57 bits per heavy atom. The molecule has 3 N–H and O–H groups in total. The summed E-state index contributed by atoms with van der Waals surface area (Å²) < 4.78 is 0.